The van der Waals surface area contributed by atoms with E-state index in [9.17, 15) is 9.70 Å². The fraction of sp³-hybridized carbons (Fsp3) is 0.312. The summed E-state index contributed by atoms with van der Waals surface area (Å²) in [6.07, 6.45) is 1.64. The fourth-order valence-electron chi connectivity index (χ4n) is 2.33. The predicted octanol–water partition coefficient (Wildman–Crippen LogP) is 4.82. The number of methoxy groups -OCH3 is 1. The number of halogens is 2. The average molecular weight is 383 g/mol. The van der Waals surface area contributed by atoms with Crippen LogP contribution in [0.4, 0.5) is 11.5 Å². The molecule has 2 aromatic rings. The van der Waals surface area contributed by atoms with Crippen LogP contribution in [0.5, 0.6) is 0 Å². The number of carbonyl (C=O) groups excluding carboxylic acids is 1. The normalized spacial score (nSPS) is 10.7. The molecule has 0 saturated heterocycles. The Morgan fingerprint density at radius 2 is 2.04 bits per heavy atom. The Labute approximate surface area is 154 Å². The van der Waals surface area contributed by atoms with E-state index in [1.54, 1.807) is 19.2 Å². The number of ether oxygens (including phenoxy) is 1. The van der Waals surface area contributed by atoms with Gasteiger partial charge in [0.15, 0.2) is 5.82 Å². The smallest absolute Gasteiger partial charge is 0.341 e. The molecule has 132 valence electrons. The van der Waals surface area contributed by atoms with E-state index in [4.69, 9.17) is 27.9 Å². The van der Waals surface area contributed by atoms with Crippen molar-refractivity contribution in [1.29, 1.82) is 0 Å². The van der Waals surface area contributed by atoms with Crippen molar-refractivity contribution in [2.75, 3.05) is 12.1 Å². The minimum Gasteiger partial charge on any atom is -0.465 e. The summed E-state index contributed by atoms with van der Waals surface area (Å²) in [5.74, 6) is -0.792. The number of hydrogen-bond acceptors (Lipinski definition) is 6. The molecule has 0 radical (unpaired) electrons. The van der Waals surface area contributed by atoms with Crippen molar-refractivity contribution < 1.29 is 9.53 Å². The van der Waals surface area contributed by atoms with Crippen molar-refractivity contribution in [3.8, 4) is 0 Å². The van der Waals surface area contributed by atoms with Crippen LogP contribution >= 0.6 is 23.2 Å². The highest BCUT2D eigenvalue weighted by atomic mass is 35.5. The molecule has 25 heavy (non-hydrogen) atoms. The number of rotatable bonds is 5. The molecule has 2 aromatic heterocycles. The summed E-state index contributed by atoms with van der Waals surface area (Å²) in [7, 11) is 1.21. The van der Waals surface area contributed by atoms with Crippen LogP contribution in [0.15, 0.2) is 23.6 Å². The summed E-state index contributed by atoms with van der Waals surface area (Å²) in [4.78, 5) is 32.2. The van der Waals surface area contributed by atoms with Gasteiger partial charge in [0.05, 0.1) is 28.8 Å². The van der Waals surface area contributed by atoms with Gasteiger partial charge in [0.2, 0.25) is 0 Å². The molecule has 2 heterocycles. The van der Waals surface area contributed by atoms with Gasteiger partial charge in [-0.2, -0.15) is 5.01 Å². The second kappa shape index (κ2) is 7.76. The molecule has 0 fully saturated rings. The molecule has 0 amide bonds. The average Bonchev–Trinajstić information content (AvgIpc) is 2.58. The number of anilines is 2. The topological polar surface area (TPSA) is 84.8 Å². The SMILES string of the molecule is COC(=O)c1cc(Cl)c(Cl)nc1N(N=O)c1c(C)ccnc1C(C)C. The zero-order valence-corrected chi connectivity index (χ0v) is 15.6. The van der Waals surface area contributed by atoms with Crippen molar-refractivity contribution in [3.63, 3.8) is 0 Å². The minimum absolute atomic E-state index is 0.00324. The molecule has 0 saturated carbocycles. The Bertz CT molecular complexity index is 827. The zero-order valence-electron chi connectivity index (χ0n) is 14.1. The third-order valence-corrected chi connectivity index (χ3v) is 4.19. The Hall–Kier alpha value is -2.25. The number of carbonyl (C=O) groups is 1. The maximum Gasteiger partial charge on any atom is 0.341 e. The highest BCUT2D eigenvalue weighted by Crippen LogP contribution is 2.37. The van der Waals surface area contributed by atoms with Crippen molar-refractivity contribution >= 4 is 40.7 Å². The van der Waals surface area contributed by atoms with Gasteiger partial charge >= 0.3 is 5.97 Å². The van der Waals surface area contributed by atoms with E-state index in [1.165, 1.54) is 13.2 Å². The van der Waals surface area contributed by atoms with Crippen LogP contribution in [0, 0.1) is 11.8 Å². The van der Waals surface area contributed by atoms with E-state index < -0.39 is 5.97 Å². The quantitative estimate of drug-likeness (QED) is 0.319. The largest absolute Gasteiger partial charge is 0.465 e. The lowest BCUT2D eigenvalue weighted by Gasteiger charge is -2.22. The summed E-state index contributed by atoms with van der Waals surface area (Å²) in [6, 6.07) is 3.02. The standard InChI is InChI=1S/C16H16Cl2N4O3/c1-8(2)12-13(9(3)5-6-19-12)22(21-24)15-10(16(23)25-4)7-11(17)14(18)20-15/h5-8H,1-4H3. The lowest BCUT2D eigenvalue weighted by molar-refractivity contribution is 0.0601. The van der Waals surface area contributed by atoms with Crippen LogP contribution < -0.4 is 5.01 Å². The van der Waals surface area contributed by atoms with Gasteiger partial charge in [-0.15, -0.1) is 4.91 Å². The molecule has 0 spiro atoms. The molecule has 0 bridgehead atoms. The van der Waals surface area contributed by atoms with Crippen LogP contribution in [-0.4, -0.2) is 23.0 Å². The van der Waals surface area contributed by atoms with Crippen LogP contribution in [-0.2, 0) is 4.74 Å². The van der Waals surface area contributed by atoms with Crippen LogP contribution in [0.2, 0.25) is 10.2 Å². The first-order valence-corrected chi connectivity index (χ1v) is 8.10. The van der Waals surface area contributed by atoms with E-state index in [1.807, 2.05) is 13.8 Å². The van der Waals surface area contributed by atoms with Gasteiger partial charge in [0.25, 0.3) is 0 Å². The predicted molar refractivity (Wildman–Crippen MR) is 96.6 cm³/mol. The molecule has 0 aliphatic rings. The molecule has 0 aliphatic heterocycles. The van der Waals surface area contributed by atoms with E-state index in [2.05, 4.69) is 15.3 Å². The fourth-order valence-corrected chi connectivity index (χ4v) is 2.62. The molecule has 7 nitrogen and oxygen atoms in total. The van der Waals surface area contributed by atoms with Crippen LogP contribution in [0.25, 0.3) is 0 Å². The molecule has 9 heteroatoms. The van der Waals surface area contributed by atoms with Crippen molar-refractivity contribution in [2.24, 2.45) is 5.29 Å². The lowest BCUT2D eigenvalue weighted by Crippen LogP contribution is -2.19. The Morgan fingerprint density at radius 3 is 2.60 bits per heavy atom. The van der Waals surface area contributed by atoms with Gasteiger partial charge in [-0.3, -0.25) is 4.98 Å². The number of aryl methyl sites for hydroxylation is 1. The number of esters is 1. The Kier molecular flexibility index (Phi) is 5.92. The van der Waals surface area contributed by atoms with E-state index >= 15 is 0 Å². The number of aromatic nitrogens is 2. The lowest BCUT2D eigenvalue weighted by atomic mass is 10.0. The maximum absolute atomic E-state index is 12.1. The van der Waals surface area contributed by atoms with Gasteiger partial charge in [-0.1, -0.05) is 37.0 Å². The Balaban J connectivity index is 2.78. The number of nitrogens with zero attached hydrogens (tertiary/aromatic N) is 4. The van der Waals surface area contributed by atoms with E-state index in [0.717, 1.165) is 10.6 Å². The second-order valence-electron chi connectivity index (χ2n) is 5.53. The third-order valence-electron chi connectivity index (χ3n) is 3.51. The molecular weight excluding hydrogens is 367 g/mol. The number of pyridine rings is 2. The number of nitroso groups, excluding NO2 is 1. The summed E-state index contributed by atoms with van der Waals surface area (Å²) in [6.45, 7) is 5.66. The molecule has 0 aliphatic carbocycles. The summed E-state index contributed by atoms with van der Waals surface area (Å²) < 4.78 is 4.74. The third kappa shape index (κ3) is 3.72. The van der Waals surface area contributed by atoms with Crippen molar-refractivity contribution in [1.82, 2.24) is 9.97 Å². The van der Waals surface area contributed by atoms with Gasteiger partial charge in [-0.25, -0.2) is 9.78 Å². The number of hydrogen-bond donors (Lipinski definition) is 0. The maximum atomic E-state index is 12.1. The first kappa shape index (κ1) is 19.1. The van der Waals surface area contributed by atoms with E-state index in [-0.39, 0.29) is 27.5 Å². The molecule has 0 N–H and O–H groups in total. The second-order valence-corrected chi connectivity index (χ2v) is 6.30. The van der Waals surface area contributed by atoms with E-state index in [0.29, 0.717) is 11.4 Å². The molecule has 0 unspecified atom stereocenters. The molecule has 0 aromatic carbocycles. The van der Waals surface area contributed by atoms with Crippen LogP contribution in [0.1, 0.15) is 41.4 Å². The van der Waals surface area contributed by atoms with Crippen molar-refractivity contribution in [2.45, 2.75) is 26.7 Å². The first-order chi connectivity index (χ1) is 11.8. The summed E-state index contributed by atoms with van der Waals surface area (Å²) in [5.41, 5.74) is 1.77. The summed E-state index contributed by atoms with van der Waals surface area (Å²) >= 11 is 11.9. The minimum atomic E-state index is -0.720. The molecular formula is C16H16Cl2N4O3. The van der Waals surface area contributed by atoms with Crippen molar-refractivity contribution in [3.05, 3.63) is 50.2 Å². The molecule has 2 rings (SSSR count). The highest BCUT2D eigenvalue weighted by molar-refractivity contribution is 6.41. The molecule has 0 atom stereocenters. The Morgan fingerprint density at radius 1 is 1.36 bits per heavy atom. The summed E-state index contributed by atoms with van der Waals surface area (Å²) in [5, 5.41) is 4.04. The van der Waals surface area contributed by atoms with Gasteiger partial charge in [0.1, 0.15) is 10.7 Å². The van der Waals surface area contributed by atoms with Gasteiger partial charge in [-0.05, 0) is 30.5 Å². The van der Waals surface area contributed by atoms with Crippen LogP contribution in [0.3, 0.4) is 0 Å². The zero-order chi connectivity index (χ0) is 18.7. The first-order valence-electron chi connectivity index (χ1n) is 7.35. The highest BCUT2D eigenvalue weighted by Gasteiger charge is 2.27. The van der Waals surface area contributed by atoms with Gasteiger partial charge in [0, 0.05) is 6.20 Å². The van der Waals surface area contributed by atoms with Gasteiger partial charge < -0.3 is 4.74 Å². The monoisotopic (exact) mass is 382 g/mol.